The van der Waals surface area contributed by atoms with Crippen LogP contribution in [-0.2, 0) is 11.3 Å². The first-order valence-electron chi connectivity index (χ1n) is 8.34. The Bertz CT molecular complexity index is 436. The van der Waals surface area contributed by atoms with E-state index in [9.17, 15) is 0 Å². The summed E-state index contributed by atoms with van der Waals surface area (Å²) >= 11 is 0. The molecule has 2 rings (SSSR count). The summed E-state index contributed by atoms with van der Waals surface area (Å²) in [7, 11) is 0. The summed E-state index contributed by atoms with van der Waals surface area (Å²) in [6.45, 7) is 11.7. The van der Waals surface area contributed by atoms with E-state index in [2.05, 4.69) is 63.8 Å². The van der Waals surface area contributed by atoms with Gasteiger partial charge in [-0.3, -0.25) is 0 Å². The summed E-state index contributed by atoms with van der Waals surface area (Å²) in [5.41, 5.74) is 1.26. The molecule has 0 saturated heterocycles. The van der Waals surface area contributed by atoms with Crippen molar-refractivity contribution < 1.29 is 4.74 Å². The second kappa shape index (κ2) is 7.26. The SMILES string of the molecule is C=CC[C@H]1C[C@@H](C(C)C)CC[C@@]1(C)OCc1ccccc1. The highest BCUT2D eigenvalue weighted by molar-refractivity contribution is 5.13. The molecule has 3 atom stereocenters. The molecule has 21 heavy (non-hydrogen) atoms. The zero-order chi connectivity index (χ0) is 15.3. The molecule has 0 aromatic heterocycles. The van der Waals surface area contributed by atoms with Crippen molar-refractivity contribution in [1.82, 2.24) is 0 Å². The van der Waals surface area contributed by atoms with E-state index in [1.165, 1.54) is 24.8 Å². The van der Waals surface area contributed by atoms with Crippen LogP contribution in [0, 0.1) is 17.8 Å². The minimum Gasteiger partial charge on any atom is -0.370 e. The summed E-state index contributed by atoms with van der Waals surface area (Å²) in [4.78, 5) is 0. The van der Waals surface area contributed by atoms with E-state index in [4.69, 9.17) is 4.74 Å². The molecule has 0 amide bonds. The maximum Gasteiger partial charge on any atom is 0.0724 e. The summed E-state index contributed by atoms with van der Waals surface area (Å²) < 4.78 is 6.40. The molecule has 1 aliphatic carbocycles. The van der Waals surface area contributed by atoms with Gasteiger partial charge < -0.3 is 4.74 Å². The summed E-state index contributed by atoms with van der Waals surface area (Å²) in [6, 6.07) is 10.5. The van der Waals surface area contributed by atoms with Gasteiger partial charge in [0.1, 0.15) is 0 Å². The van der Waals surface area contributed by atoms with Gasteiger partial charge in [0.15, 0.2) is 0 Å². The molecule has 0 radical (unpaired) electrons. The predicted molar refractivity (Wildman–Crippen MR) is 90.1 cm³/mol. The third-order valence-corrected chi connectivity index (χ3v) is 5.27. The number of rotatable bonds is 6. The standard InChI is InChI=1S/C20H30O/c1-5-9-19-14-18(16(2)3)12-13-20(19,4)21-15-17-10-7-6-8-11-17/h5-8,10-11,16,18-19H,1,9,12-15H2,2-4H3/t18-,19-,20+/m0/s1. The zero-order valence-corrected chi connectivity index (χ0v) is 13.8. The van der Waals surface area contributed by atoms with E-state index in [1.807, 2.05) is 0 Å². The smallest absolute Gasteiger partial charge is 0.0724 e. The molecule has 1 nitrogen and oxygen atoms in total. The van der Waals surface area contributed by atoms with Crippen molar-refractivity contribution in [3.05, 3.63) is 48.6 Å². The Morgan fingerprint density at radius 3 is 2.67 bits per heavy atom. The number of hydrogen-bond donors (Lipinski definition) is 0. The fourth-order valence-corrected chi connectivity index (χ4v) is 3.57. The molecule has 0 unspecified atom stereocenters. The van der Waals surface area contributed by atoms with Gasteiger partial charge in [-0.2, -0.15) is 0 Å². The molecule has 0 heterocycles. The lowest BCUT2D eigenvalue weighted by Crippen LogP contribution is -2.43. The van der Waals surface area contributed by atoms with Crippen molar-refractivity contribution in [1.29, 1.82) is 0 Å². The number of benzene rings is 1. The Morgan fingerprint density at radius 1 is 1.33 bits per heavy atom. The van der Waals surface area contributed by atoms with Crippen molar-refractivity contribution in [2.24, 2.45) is 17.8 Å². The third kappa shape index (κ3) is 4.20. The first kappa shape index (κ1) is 16.3. The maximum atomic E-state index is 6.40. The lowest BCUT2D eigenvalue weighted by Gasteiger charge is -2.45. The van der Waals surface area contributed by atoms with Crippen LogP contribution in [0.5, 0.6) is 0 Å². The molecule has 1 aromatic rings. The average Bonchev–Trinajstić information content (AvgIpc) is 2.49. The Kier molecular flexibility index (Phi) is 5.64. The van der Waals surface area contributed by atoms with Gasteiger partial charge >= 0.3 is 0 Å². The van der Waals surface area contributed by atoms with Crippen LogP contribution in [0.3, 0.4) is 0 Å². The van der Waals surface area contributed by atoms with Crippen molar-refractivity contribution in [3.8, 4) is 0 Å². The van der Waals surface area contributed by atoms with Gasteiger partial charge in [0.25, 0.3) is 0 Å². The van der Waals surface area contributed by atoms with Crippen LogP contribution < -0.4 is 0 Å². The van der Waals surface area contributed by atoms with Crippen molar-refractivity contribution in [2.75, 3.05) is 0 Å². The molecule has 1 saturated carbocycles. The molecule has 116 valence electrons. The second-order valence-corrected chi connectivity index (χ2v) is 7.09. The van der Waals surface area contributed by atoms with E-state index in [0.717, 1.165) is 24.9 Å². The van der Waals surface area contributed by atoms with Gasteiger partial charge in [-0.05, 0) is 55.9 Å². The van der Waals surface area contributed by atoms with Gasteiger partial charge in [-0.1, -0.05) is 50.3 Å². The van der Waals surface area contributed by atoms with Crippen LogP contribution in [-0.4, -0.2) is 5.60 Å². The van der Waals surface area contributed by atoms with Gasteiger partial charge in [-0.25, -0.2) is 0 Å². The molecule has 0 aliphatic heterocycles. The van der Waals surface area contributed by atoms with Crippen molar-refractivity contribution >= 4 is 0 Å². The number of ether oxygens (including phenoxy) is 1. The number of hydrogen-bond acceptors (Lipinski definition) is 1. The first-order valence-corrected chi connectivity index (χ1v) is 8.34. The molecular weight excluding hydrogens is 256 g/mol. The van der Waals surface area contributed by atoms with Gasteiger partial charge in [0, 0.05) is 0 Å². The van der Waals surface area contributed by atoms with Crippen LogP contribution in [0.4, 0.5) is 0 Å². The topological polar surface area (TPSA) is 9.23 Å². The lowest BCUT2D eigenvalue weighted by molar-refractivity contribution is -0.116. The lowest BCUT2D eigenvalue weighted by atomic mass is 9.67. The molecule has 0 bridgehead atoms. The van der Waals surface area contributed by atoms with Crippen LogP contribution >= 0.6 is 0 Å². The third-order valence-electron chi connectivity index (χ3n) is 5.27. The molecule has 1 aromatic carbocycles. The monoisotopic (exact) mass is 286 g/mol. The van der Waals surface area contributed by atoms with Gasteiger partial charge in [-0.15, -0.1) is 6.58 Å². The van der Waals surface area contributed by atoms with E-state index in [0.29, 0.717) is 5.92 Å². The van der Waals surface area contributed by atoms with E-state index in [1.54, 1.807) is 0 Å². The summed E-state index contributed by atoms with van der Waals surface area (Å²) in [6.07, 6.45) is 6.86. The Hall–Kier alpha value is -1.08. The highest BCUT2D eigenvalue weighted by Crippen LogP contribution is 2.44. The summed E-state index contributed by atoms with van der Waals surface area (Å²) in [5, 5.41) is 0. The van der Waals surface area contributed by atoms with Crippen molar-refractivity contribution in [3.63, 3.8) is 0 Å². The van der Waals surface area contributed by atoms with Crippen LogP contribution in [0.2, 0.25) is 0 Å². The number of allylic oxidation sites excluding steroid dienone is 1. The molecule has 0 N–H and O–H groups in total. The van der Waals surface area contributed by atoms with Gasteiger partial charge in [0.2, 0.25) is 0 Å². The second-order valence-electron chi connectivity index (χ2n) is 7.09. The summed E-state index contributed by atoms with van der Waals surface area (Å²) in [5.74, 6) is 2.21. The minimum absolute atomic E-state index is 0.00454. The molecule has 0 spiro atoms. The normalized spacial score (nSPS) is 29.5. The Labute approximate surface area is 130 Å². The molecular formula is C20H30O. The Balaban J connectivity index is 2.02. The van der Waals surface area contributed by atoms with Gasteiger partial charge in [0.05, 0.1) is 12.2 Å². The average molecular weight is 286 g/mol. The molecule has 1 aliphatic rings. The minimum atomic E-state index is -0.00454. The van der Waals surface area contributed by atoms with E-state index in [-0.39, 0.29) is 5.60 Å². The van der Waals surface area contributed by atoms with E-state index < -0.39 is 0 Å². The highest BCUT2D eigenvalue weighted by atomic mass is 16.5. The maximum absolute atomic E-state index is 6.40. The largest absolute Gasteiger partial charge is 0.370 e. The fourth-order valence-electron chi connectivity index (χ4n) is 3.57. The Morgan fingerprint density at radius 2 is 2.05 bits per heavy atom. The van der Waals surface area contributed by atoms with E-state index >= 15 is 0 Å². The zero-order valence-electron chi connectivity index (χ0n) is 13.8. The first-order chi connectivity index (χ1) is 10.0. The van der Waals surface area contributed by atoms with Crippen LogP contribution in [0.25, 0.3) is 0 Å². The molecule has 1 fully saturated rings. The predicted octanol–water partition coefficient (Wildman–Crippen LogP) is 5.61. The molecule has 1 heteroatoms. The van der Waals surface area contributed by atoms with Crippen molar-refractivity contribution in [2.45, 2.75) is 58.7 Å². The highest BCUT2D eigenvalue weighted by Gasteiger charge is 2.40. The fraction of sp³-hybridized carbons (Fsp3) is 0.600. The van der Waals surface area contributed by atoms with Crippen LogP contribution in [0.15, 0.2) is 43.0 Å². The van der Waals surface area contributed by atoms with Crippen LogP contribution in [0.1, 0.15) is 52.0 Å². The quantitative estimate of drug-likeness (QED) is 0.618.